The highest BCUT2D eigenvalue weighted by Gasteiger charge is 2.56. The number of aromatic hydroxyl groups is 1. The zero-order chi connectivity index (χ0) is 36.2. The van der Waals surface area contributed by atoms with Gasteiger partial charge < -0.3 is 47.6 Å². The molecule has 2 heterocycles. The molecule has 0 aliphatic carbocycles. The van der Waals surface area contributed by atoms with Gasteiger partial charge in [-0.2, -0.15) is 0 Å². The summed E-state index contributed by atoms with van der Waals surface area (Å²) in [6.45, 7) is 4.79. The number of allylic oxidation sites excluding steroid dienone is 1. The van der Waals surface area contributed by atoms with Gasteiger partial charge in [-0.15, -0.1) is 0 Å². The van der Waals surface area contributed by atoms with Crippen molar-refractivity contribution in [3.8, 4) is 16.9 Å². The molecule has 16 nitrogen and oxygen atoms in total. The second kappa shape index (κ2) is 14.7. The Hall–Kier alpha value is -5.61. The van der Waals surface area contributed by atoms with Crippen LogP contribution in [-0.2, 0) is 45.6 Å². The number of ketones is 1. The van der Waals surface area contributed by atoms with E-state index >= 15 is 0 Å². The number of benzene rings is 2. The van der Waals surface area contributed by atoms with Crippen molar-refractivity contribution in [2.75, 3.05) is 5.32 Å². The lowest BCUT2D eigenvalue weighted by atomic mass is 9.83. The molecule has 2 aromatic rings. The topological polar surface area (TPSA) is 266 Å². The van der Waals surface area contributed by atoms with E-state index in [0.29, 0.717) is 12.0 Å². The van der Waals surface area contributed by atoms with Gasteiger partial charge in [-0.3, -0.25) is 33.6 Å². The number of aliphatic hydroxyl groups is 2. The Morgan fingerprint density at radius 2 is 1.80 bits per heavy atom. The maximum absolute atomic E-state index is 13.7. The van der Waals surface area contributed by atoms with Gasteiger partial charge in [0, 0.05) is 29.0 Å². The maximum Gasteiger partial charge on any atom is 0.288 e. The summed E-state index contributed by atoms with van der Waals surface area (Å²) in [6.07, 6.45) is -0.553. The molecule has 0 saturated heterocycles. The third-order valence-corrected chi connectivity index (χ3v) is 8.51. The number of carbonyl (C=O) groups excluding carboxylic acids is 7. The van der Waals surface area contributed by atoms with E-state index in [2.05, 4.69) is 26.6 Å². The van der Waals surface area contributed by atoms with E-state index in [0.717, 1.165) is 6.20 Å². The number of nitrogens with two attached hydrogens (primary N) is 1. The number of phenols is 1. The van der Waals surface area contributed by atoms with E-state index in [-0.39, 0.29) is 34.5 Å². The summed E-state index contributed by atoms with van der Waals surface area (Å²) in [5.41, 5.74) is 2.95. The maximum atomic E-state index is 13.7. The number of carbonyl (C=O) groups is 7. The van der Waals surface area contributed by atoms with Crippen LogP contribution < -0.4 is 32.3 Å². The van der Waals surface area contributed by atoms with Crippen LogP contribution in [0.5, 0.6) is 5.75 Å². The van der Waals surface area contributed by atoms with Gasteiger partial charge in [-0.05, 0) is 37.2 Å². The summed E-state index contributed by atoms with van der Waals surface area (Å²) in [5, 5.41) is 46.0. The average Bonchev–Trinajstić information content (AvgIpc) is 3.34. The number of nitrogens with one attached hydrogen (secondary N) is 5. The van der Waals surface area contributed by atoms with E-state index in [1.165, 1.54) is 49.4 Å². The van der Waals surface area contributed by atoms with Crippen LogP contribution in [-0.4, -0.2) is 80.8 Å². The number of primary amides is 1. The summed E-state index contributed by atoms with van der Waals surface area (Å²) < 4.78 is 0. The lowest BCUT2D eigenvalue weighted by Gasteiger charge is -2.33. The third kappa shape index (κ3) is 7.29. The summed E-state index contributed by atoms with van der Waals surface area (Å²) in [6, 6.07) is 3.02. The fourth-order valence-electron chi connectivity index (χ4n) is 5.58. The van der Waals surface area contributed by atoms with Crippen molar-refractivity contribution in [3.63, 3.8) is 0 Å². The monoisotopic (exact) mass is 678 g/mol. The van der Waals surface area contributed by atoms with Crippen LogP contribution >= 0.6 is 0 Å². The van der Waals surface area contributed by atoms with E-state index in [4.69, 9.17) is 5.73 Å². The molecule has 6 amide bonds. The Morgan fingerprint density at radius 3 is 2.45 bits per heavy atom. The molecule has 16 heteroatoms. The molecule has 2 aromatic carbocycles. The molecule has 4 rings (SSSR count). The quantitative estimate of drug-likeness (QED) is 0.149. The number of amides is 6. The number of anilines is 1. The fraction of sp³-hybridized carbons (Fsp3) is 0.364. The normalized spacial score (nSPS) is 24.3. The zero-order valence-electron chi connectivity index (χ0n) is 26.9. The number of aliphatic hydroxyl groups excluding tert-OH is 1. The zero-order valence-corrected chi connectivity index (χ0v) is 26.9. The first-order valence-corrected chi connectivity index (χ1v) is 15.5. The molecule has 6 bridgehead atoms. The number of hydrogen-bond donors (Lipinski definition) is 9. The molecule has 2 aliphatic rings. The SMILES string of the molecule is C/C=C\NC(=O)[C@H]1NC(=O)[C@H](CC(N)=O)NC(=O)[C@@H](NC(=O)C(=O)[C@H](C)CC)Cc2ccc(O)c(c2)-c2cccc3c2NC(=O)[C@]3(O)[C@H]1O. The van der Waals surface area contributed by atoms with Crippen molar-refractivity contribution >= 4 is 46.9 Å². The van der Waals surface area contributed by atoms with Gasteiger partial charge in [0.15, 0.2) is 5.60 Å². The first kappa shape index (κ1) is 36.2. The number of fused-ring (bicyclic) bond motifs is 3. The lowest BCUT2D eigenvalue weighted by Crippen LogP contribution is -2.64. The van der Waals surface area contributed by atoms with Gasteiger partial charge in [-0.25, -0.2) is 0 Å². The number of hydrogen-bond acceptors (Lipinski definition) is 10. The van der Waals surface area contributed by atoms with Gasteiger partial charge in [-0.1, -0.05) is 44.2 Å². The standard InChI is InChI=1S/C33H38N6O10/c1-4-11-35-30(46)25-27(43)33(49)19-8-6-7-17(24(19)39-32(33)48)18-12-16(9-10-22(18)40)13-20(37-31(47)26(42)15(3)5-2)28(44)36-21(14-23(34)41)29(45)38-25/h4,6-12,15,20-21,25,27,40,43,49H,5,13-14H2,1-3H3,(H2,34,41)(H,35,46)(H,36,44)(H,37,47)(H,38,45)(H,39,48)/b11-4-/t15-,20+,21+,25+,27+,33-/m1/s1. The molecular formula is C33H38N6O10. The molecule has 0 spiro atoms. The second-order valence-corrected chi connectivity index (χ2v) is 11.9. The van der Waals surface area contributed by atoms with Gasteiger partial charge in [0.05, 0.1) is 12.1 Å². The minimum atomic E-state index is -2.83. The number of para-hydroxylation sites is 1. The molecule has 0 aromatic heterocycles. The van der Waals surface area contributed by atoms with E-state index in [1.54, 1.807) is 13.8 Å². The predicted molar refractivity (Wildman–Crippen MR) is 173 cm³/mol. The largest absolute Gasteiger partial charge is 0.507 e. The van der Waals surface area contributed by atoms with Crippen molar-refractivity contribution in [1.82, 2.24) is 21.3 Å². The lowest BCUT2D eigenvalue weighted by molar-refractivity contribution is -0.155. The van der Waals surface area contributed by atoms with E-state index in [1.807, 2.05) is 0 Å². The molecule has 6 atom stereocenters. The molecule has 260 valence electrons. The molecule has 2 aliphatic heterocycles. The minimum absolute atomic E-state index is 0.0270. The molecule has 49 heavy (non-hydrogen) atoms. The minimum Gasteiger partial charge on any atom is -0.507 e. The van der Waals surface area contributed by atoms with Gasteiger partial charge >= 0.3 is 0 Å². The van der Waals surface area contributed by atoms with Crippen molar-refractivity contribution in [1.29, 1.82) is 0 Å². The van der Waals surface area contributed by atoms with Gasteiger partial charge in [0.2, 0.25) is 29.4 Å². The highest BCUT2D eigenvalue weighted by atomic mass is 16.4. The predicted octanol–water partition coefficient (Wildman–Crippen LogP) is -1.29. The first-order valence-electron chi connectivity index (χ1n) is 15.5. The van der Waals surface area contributed by atoms with E-state index in [9.17, 15) is 48.9 Å². The summed E-state index contributed by atoms with van der Waals surface area (Å²) in [4.78, 5) is 91.8. The van der Waals surface area contributed by atoms with Gasteiger partial charge in [0.1, 0.15) is 30.0 Å². The number of phenolic OH excluding ortho intramolecular Hbond substituents is 1. The average molecular weight is 679 g/mol. The van der Waals surface area contributed by atoms with Crippen molar-refractivity contribution in [3.05, 3.63) is 59.8 Å². The second-order valence-electron chi connectivity index (χ2n) is 11.9. The molecule has 0 fully saturated rings. The molecule has 0 radical (unpaired) electrons. The Morgan fingerprint density at radius 1 is 1.08 bits per heavy atom. The van der Waals surface area contributed by atoms with E-state index < -0.39 is 83.4 Å². The molecule has 0 unspecified atom stereocenters. The van der Waals surface area contributed by atoms with Crippen LogP contribution in [0, 0.1) is 5.92 Å². The smallest absolute Gasteiger partial charge is 0.288 e. The Labute approximate surface area is 280 Å². The molecular weight excluding hydrogens is 640 g/mol. The molecule has 0 saturated carbocycles. The van der Waals surface area contributed by atoms with Crippen LogP contribution in [0.4, 0.5) is 5.69 Å². The summed E-state index contributed by atoms with van der Waals surface area (Å²) in [5.74, 6) is -8.38. The first-order chi connectivity index (χ1) is 23.1. The Bertz CT molecular complexity index is 1740. The number of Topliss-reactive ketones (excluding diaryl/α,β-unsaturated/α-hetero) is 1. The van der Waals surface area contributed by atoms with Crippen LogP contribution in [0.2, 0.25) is 0 Å². The van der Waals surface area contributed by atoms with Crippen molar-refractivity contribution in [2.45, 2.75) is 69.9 Å². The van der Waals surface area contributed by atoms with Gasteiger partial charge in [0.25, 0.3) is 11.8 Å². The highest BCUT2D eigenvalue weighted by molar-refractivity contribution is 6.37. The van der Waals surface area contributed by atoms with Crippen LogP contribution in [0.15, 0.2) is 48.7 Å². The van der Waals surface area contributed by atoms with Crippen molar-refractivity contribution < 1.29 is 48.9 Å². The van der Waals surface area contributed by atoms with Crippen LogP contribution in [0.1, 0.15) is 44.7 Å². The fourth-order valence-corrected chi connectivity index (χ4v) is 5.58. The van der Waals surface area contributed by atoms with Crippen LogP contribution in [0.25, 0.3) is 11.1 Å². The Balaban J connectivity index is 1.93. The van der Waals surface area contributed by atoms with Crippen LogP contribution in [0.3, 0.4) is 0 Å². The third-order valence-electron chi connectivity index (χ3n) is 8.51. The Kier molecular flexibility index (Phi) is 10.8. The van der Waals surface area contributed by atoms with Crippen molar-refractivity contribution in [2.24, 2.45) is 11.7 Å². The number of rotatable bonds is 8. The summed E-state index contributed by atoms with van der Waals surface area (Å²) in [7, 11) is 0. The summed E-state index contributed by atoms with van der Waals surface area (Å²) >= 11 is 0. The molecule has 10 N–H and O–H groups in total. The highest BCUT2D eigenvalue weighted by Crippen LogP contribution is 2.46.